The molecule has 6 heteroatoms. The number of nitrogens with zero attached hydrogens (tertiary/aromatic N) is 3. The van der Waals surface area contributed by atoms with Crippen molar-refractivity contribution >= 4 is 23.0 Å². The van der Waals surface area contributed by atoms with E-state index in [2.05, 4.69) is 16.8 Å². The quantitative estimate of drug-likeness (QED) is 0.770. The molecule has 1 aromatic heterocycles. The van der Waals surface area contributed by atoms with Gasteiger partial charge in [0.1, 0.15) is 5.52 Å². The van der Waals surface area contributed by atoms with Crippen LogP contribution in [0.15, 0.2) is 46.9 Å². The number of rotatable bonds is 4. The Labute approximate surface area is 158 Å². The largest absolute Gasteiger partial charge is 0.423 e. The van der Waals surface area contributed by atoms with Gasteiger partial charge in [0.25, 0.3) is 6.01 Å². The highest BCUT2D eigenvalue weighted by Crippen LogP contribution is 2.30. The number of anilines is 1. The van der Waals surface area contributed by atoms with Crippen LogP contribution in [0.1, 0.15) is 23.2 Å². The zero-order valence-corrected chi connectivity index (χ0v) is 15.7. The van der Waals surface area contributed by atoms with E-state index in [0.717, 1.165) is 48.2 Å². The molecule has 0 spiro atoms. The van der Waals surface area contributed by atoms with E-state index in [1.807, 2.05) is 43.4 Å². The van der Waals surface area contributed by atoms with Crippen molar-refractivity contribution in [2.75, 3.05) is 32.1 Å². The van der Waals surface area contributed by atoms with Gasteiger partial charge < -0.3 is 20.0 Å². The second-order valence-electron chi connectivity index (χ2n) is 7.23. The highest BCUT2D eigenvalue weighted by Gasteiger charge is 2.24. The molecule has 0 radical (unpaired) electrons. The number of primary amides is 1. The first kappa shape index (κ1) is 17.5. The Balaban J connectivity index is 1.66. The third-order valence-corrected chi connectivity index (χ3v) is 5.42. The summed E-state index contributed by atoms with van der Waals surface area (Å²) in [6.07, 6.45) is 2.20. The fourth-order valence-corrected chi connectivity index (χ4v) is 3.72. The molecule has 2 heterocycles. The molecule has 1 aliphatic rings. The van der Waals surface area contributed by atoms with Gasteiger partial charge in [-0.2, -0.15) is 4.98 Å². The number of benzene rings is 2. The summed E-state index contributed by atoms with van der Waals surface area (Å²) < 4.78 is 5.99. The first-order valence-electron chi connectivity index (χ1n) is 9.24. The first-order valence-corrected chi connectivity index (χ1v) is 9.24. The van der Waals surface area contributed by atoms with Crippen molar-refractivity contribution < 1.29 is 9.21 Å². The van der Waals surface area contributed by atoms with Crippen LogP contribution in [-0.2, 0) is 0 Å². The molecule has 0 aliphatic carbocycles. The molecule has 1 fully saturated rings. The van der Waals surface area contributed by atoms with E-state index in [-0.39, 0.29) is 0 Å². The van der Waals surface area contributed by atoms with Gasteiger partial charge in [0.15, 0.2) is 5.58 Å². The number of carbonyl (C=O) groups excluding carboxylic acids is 1. The molecule has 2 N–H and O–H groups in total. The lowest BCUT2D eigenvalue weighted by Crippen LogP contribution is -2.42. The maximum atomic E-state index is 11.7. The predicted octanol–water partition coefficient (Wildman–Crippen LogP) is 3.12. The van der Waals surface area contributed by atoms with E-state index >= 15 is 0 Å². The summed E-state index contributed by atoms with van der Waals surface area (Å²) in [5.74, 6) is -0.437. The zero-order valence-electron chi connectivity index (χ0n) is 15.7. The number of likely N-dealkylation sites (tertiary alicyclic amines) is 1. The number of carbonyl (C=O) groups is 1. The molecule has 0 saturated carbocycles. The molecule has 1 saturated heterocycles. The van der Waals surface area contributed by atoms with Crippen LogP contribution in [0.3, 0.4) is 0 Å². The molecule has 140 valence electrons. The summed E-state index contributed by atoms with van der Waals surface area (Å²) in [6, 6.07) is 14.2. The SMILES string of the molecule is CN1CCC(N(C)c2nc3cc(-c4ccccc4C(N)=O)ccc3o2)CC1. The summed E-state index contributed by atoms with van der Waals surface area (Å²) >= 11 is 0. The molecule has 2 aromatic carbocycles. The van der Waals surface area contributed by atoms with Gasteiger partial charge in [0.05, 0.1) is 0 Å². The molecule has 0 bridgehead atoms. The number of aromatic nitrogens is 1. The van der Waals surface area contributed by atoms with Crippen LogP contribution in [0.4, 0.5) is 6.01 Å². The van der Waals surface area contributed by atoms with E-state index in [9.17, 15) is 4.79 Å². The Morgan fingerprint density at radius 2 is 1.96 bits per heavy atom. The van der Waals surface area contributed by atoms with Gasteiger partial charge in [-0.15, -0.1) is 0 Å². The van der Waals surface area contributed by atoms with Crippen molar-refractivity contribution in [3.05, 3.63) is 48.0 Å². The number of fused-ring (bicyclic) bond motifs is 1. The number of amides is 1. The molecule has 0 unspecified atom stereocenters. The van der Waals surface area contributed by atoms with Crippen molar-refractivity contribution in [2.45, 2.75) is 18.9 Å². The summed E-state index contributed by atoms with van der Waals surface area (Å²) in [7, 11) is 4.20. The zero-order chi connectivity index (χ0) is 19.0. The van der Waals surface area contributed by atoms with Crippen LogP contribution in [-0.4, -0.2) is 49.0 Å². The monoisotopic (exact) mass is 364 g/mol. The number of piperidine rings is 1. The molecular weight excluding hydrogens is 340 g/mol. The van der Waals surface area contributed by atoms with Crippen LogP contribution < -0.4 is 10.6 Å². The van der Waals surface area contributed by atoms with Crippen LogP contribution in [0.2, 0.25) is 0 Å². The Kier molecular flexibility index (Phi) is 4.58. The number of oxazole rings is 1. The molecule has 1 amide bonds. The number of hydrogen-bond donors (Lipinski definition) is 1. The number of nitrogens with two attached hydrogens (primary N) is 1. The summed E-state index contributed by atoms with van der Waals surface area (Å²) in [4.78, 5) is 20.9. The van der Waals surface area contributed by atoms with E-state index in [4.69, 9.17) is 15.1 Å². The second-order valence-corrected chi connectivity index (χ2v) is 7.23. The van der Waals surface area contributed by atoms with Gasteiger partial charge >= 0.3 is 0 Å². The van der Waals surface area contributed by atoms with E-state index in [1.54, 1.807) is 6.07 Å². The maximum Gasteiger partial charge on any atom is 0.298 e. The number of hydrogen-bond acceptors (Lipinski definition) is 5. The second kappa shape index (κ2) is 7.04. The Hall–Kier alpha value is -2.86. The van der Waals surface area contributed by atoms with Crippen molar-refractivity contribution in [2.24, 2.45) is 5.73 Å². The summed E-state index contributed by atoms with van der Waals surface area (Å²) in [5, 5.41) is 0. The smallest absolute Gasteiger partial charge is 0.298 e. The van der Waals surface area contributed by atoms with E-state index in [0.29, 0.717) is 17.6 Å². The fraction of sp³-hybridized carbons (Fsp3) is 0.333. The maximum absolute atomic E-state index is 11.7. The first-order chi connectivity index (χ1) is 13.0. The van der Waals surface area contributed by atoms with Gasteiger partial charge in [-0.05, 0) is 62.3 Å². The predicted molar refractivity (Wildman–Crippen MR) is 107 cm³/mol. The van der Waals surface area contributed by atoms with Gasteiger partial charge in [0.2, 0.25) is 5.91 Å². The molecule has 4 rings (SSSR count). The van der Waals surface area contributed by atoms with Crippen molar-refractivity contribution in [1.82, 2.24) is 9.88 Å². The Morgan fingerprint density at radius 3 is 2.70 bits per heavy atom. The van der Waals surface area contributed by atoms with E-state index in [1.165, 1.54) is 0 Å². The lowest BCUT2D eigenvalue weighted by molar-refractivity contribution is 0.100. The van der Waals surface area contributed by atoms with E-state index < -0.39 is 5.91 Å². The molecule has 27 heavy (non-hydrogen) atoms. The third-order valence-electron chi connectivity index (χ3n) is 5.42. The van der Waals surface area contributed by atoms with Crippen molar-refractivity contribution in [3.8, 4) is 11.1 Å². The topological polar surface area (TPSA) is 75.6 Å². The van der Waals surface area contributed by atoms with Crippen molar-refractivity contribution in [1.29, 1.82) is 0 Å². The fourth-order valence-electron chi connectivity index (χ4n) is 3.72. The average Bonchev–Trinajstić information content (AvgIpc) is 3.11. The standard InChI is InChI=1S/C21H24N4O2/c1-24-11-9-15(10-12-24)25(2)21-23-18-13-14(7-8-19(18)27-21)16-5-3-4-6-17(16)20(22)26/h3-8,13,15H,9-12H2,1-2H3,(H2,22,26). The highest BCUT2D eigenvalue weighted by atomic mass is 16.4. The molecule has 0 atom stereocenters. The van der Waals surface area contributed by atoms with Crippen LogP contribution >= 0.6 is 0 Å². The minimum absolute atomic E-state index is 0.435. The summed E-state index contributed by atoms with van der Waals surface area (Å²) in [6.45, 7) is 2.17. The molecule has 1 aliphatic heterocycles. The Bertz CT molecular complexity index is 973. The van der Waals surface area contributed by atoms with Crippen LogP contribution in [0.5, 0.6) is 0 Å². The minimum Gasteiger partial charge on any atom is -0.423 e. The summed E-state index contributed by atoms with van der Waals surface area (Å²) in [5.41, 5.74) is 9.25. The molecule has 3 aromatic rings. The van der Waals surface area contributed by atoms with Gasteiger partial charge in [-0.25, -0.2) is 0 Å². The normalized spacial score (nSPS) is 15.9. The highest BCUT2D eigenvalue weighted by molar-refractivity contribution is 6.00. The van der Waals surface area contributed by atoms with Crippen molar-refractivity contribution in [3.63, 3.8) is 0 Å². The average molecular weight is 364 g/mol. The minimum atomic E-state index is -0.437. The van der Waals surface area contributed by atoms with Crippen LogP contribution in [0, 0.1) is 0 Å². The van der Waals surface area contributed by atoms with Gasteiger partial charge in [-0.3, -0.25) is 4.79 Å². The Morgan fingerprint density at radius 1 is 1.22 bits per heavy atom. The molecule has 6 nitrogen and oxygen atoms in total. The van der Waals surface area contributed by atoms with Crippen LogP contribution in [0.25, 0.3) is 22.2 Å². The third kappa shape index (κ3) is 3.40. The lowest BCUT2D eigenvalue weighted by Gasteiger charge is -2.34. The lowest BCUT2D eigenvalue weighted by atomic mass is 9.99. The van der Waals surface area contributed by atoms with Gasteiger partial charge in [0, 0.05) is 18.7 Å². The molecular formula is C21H24N4O2. The van der Waals surface area contributed by atoms with Gasteiger partial charge in [-0.1, -0.05) is 24.3 Å².